The average molecular weight is 237 g/mol. The largest absolute Gasteiger partial charge is 0.336 e. The Kier molecular flexibility index (Phi) is 3.82. The van der Waals surface area contributed by atoms with Crippen molar-refractivity contribution in [2.45, 2.75) is 13.1 Å². The van der Waals surface area contributed by atoms with E-state index in [1.165, 1.54) is 6.07 Å². The Hall–Kier alpha value is -1.75. The molecule has 1 N–H and O–H groups in total. The van der Waals surface area contributed by atoms with Gasteiger partial charge in [-0.15, -0.1) is 0 Å². The van der Waals surface area contributed by atoms with E-state index in [-0.39, 0.29) is 5.82 Å². The minimum Gasteiger partial charge on any atom is -0.336 e. The molecule has 0 amide bonds. The van der Waals surface area contributed by atoms with Crippen molar-refractivity contribution in [2.24, 2.45) is 0 Å². The molecule has 1 heterocycles. The molecule has 0 radical (unpaired) electrons. The fraction of sp³-hybridized carbons (Fsp3) is 0.250. The third kappa shape index (κ3) is 3.35. The van der Waals surface area contributed by atoms with E-state index in [4.69, 9.17) is 0 Å². The molecule has 17 heavy (non-hydrogen) atoms. The predicted molar refractivity (Wildman–Crippen MR) is 60.3 cm³/mol. The first-order valence-electron chi connectivity index (χ1n) is 5.36. The van der Waals surface area contributed by atoms with E-state index in [2.05, 4.69) is 10.3 Å². The predicted octanol–water partition coefficient (Wildman–Crippen LogP) is 1.95. The van der Waals surface area contributed by atoms with E-state index >= 15 is 0 Å². The standard InChI is InChI=1S/C12H13F2N3/c13-11-1-2-12(14)10(7-11)8-15-3-5-17-6-4-16-9-17/h1-2,4,6-7,9,15H,3,5,8H2. The molecule has 0 spiro atoms. The fourth-order valence-electron chi connectivity index (χ4n) is 1.53. The number of nitrogens with one attached hydrogen (secondary N) is 1. The molecule has 5 heteroatoms. The van der Waals surface area contributed by atoms with Crippen LogP contribution < -0.4 is 5.32 Å². The fourth-order valence-corrected chi connectivity index (χ4v) is 1.53. The molecule has 2 rings (SSSR count). The van der Waals surface area contributed by atoms with Crippen LogP contribution in [0.15, 0.2) is 36.9 Å². The first-order chi connectivity index (χ1) is 8.25. The Labute approximate surface area is 98.1 Å². The normalized spacial score (nSPS) is 10.7. The summed E-state index contributed by atoms with van der Waals surface area (Å²) in [5.74, 6) is -0.806. The number of nitrogens with zero attached hydrogens (tertiary/aromatic N) is 2. The van der Waals surface area contributed by atoms with Crippen LogP contribution in [0.5, 0.6) is 0 Å². The highest BCUT2D eigenvalue weighted by Crippen LogP contribution is 2.08. The van der Waals surface area contributed by atoms with Gasteiger partial charge < -0.3 is 9.88 Å². The maximum absolute atomic E-state index is 13.2. The van der Waals surface area contributed by atoms with Gasteiger partial charge in [-0.2, -0.15) is 0 Å². The van der Waals surface area contributed by atoms with Crippen molar-refractivity contribution in [3.05, 3.63) is 54.1 Å². The summed E-state index contributed by atoms with van der Waals surface area (Å²) in [5, 5.41) is 3.05. The van der Waals surface area contributed by atoms with E-state index in [1.807, 2.05) is 10.8 Å². The van der Waals surface area contributed by atoms with Gasteiger partial charge in [0.15, 0.2) is 0 Å². The monoisotopic (exact) mass is 237 g/mol. The molecule has 1 aromatic carbocycles. The van der Waals surface area contributed by atoms with Crippen LogP contribution in [0, 0.1) is 11.6 Å². The summed E-state index contributed by atoms with van der Waals surface area (Å²) in [4.78, 5) is 3.91. The molecule has 0 aliphatic rings. The number of rotatable bonds is 5. The van der Waals surface area contributed by atoms with Crippen LogP contribution in [0.25, 0.3) is 0 Å². The number of imidazole rings is 1. The molecule has 0 unspecified atom stereocenters. The summed E-state index contributed by atoms with van der Waals surface area (Å²) in [6, 6.07) is 3.46. The van der Waals surface area contributed by atoms with Crippen LogP contribution in [0.4, 0.5) is 8.78 Å². The third-order valence-electron chi connectivity index (χ3n) is 2.43. The zero-order chi connectivity index (χ0) is 12.1. The number of aromatic nitrogens is 2. The SMILES string of the molecule is Fc1ccc(F)c(CNCCn2ccnc2)c1. The second-order valence-corrected chi connectivity index (χ2v) is 3.71. The van der Waals surface area contributed by atoms with Gasteiger partial charge in [-0.25, -0.2) is 13.8 Å². The summed E-state index contributed by atoms with van der Waals surface area (Å²) in [5.41, 5.74) is 0.343. The Morgan fingerprint density at radius 1 is 1.29 bits per heavy atom. The van der Waals surface area contributed by atoms with Gasteiger partial charge in [0.05, 0.1) is 6.33 Å². The van der Waals surface area contributed by atoms with Crippen molar-refractivity contribution in [1.82, 2.24) is 14.9 Å². The lowest BCUT2D eigenvalue weighted by molar-refractivity contribution is 0.553. The smallest absolute Gasteiger partial charge is 0.127 e. The first-order valence-corrected chi connectivity index (χ1v) is 5.36. The molecule has 0 aliphatic heterocycles. The quantitative estimate of drug-likeness (QED) is 0.805. The Morgan fingerprint density at radius 3 is 2.94 bits per heavy atom. The van der Waals surface area contributed by atoms with Crippen LogP contribution in [0.1, 0.15) is 5.56 Å². The average Bonchev–Trinajstić information content (AvgIpc) is 2.82. The summed E-state index contributed by atoms with van der Waals surface area (Å²) in [6.07, 6.45) is 5.27. The van der Waals surface area contributed by atoms with Gasteiger partial charge in [0.1, 0.15) is 11.6 Å². The topological polar surface area (TPSA) is 29.9 Å². The van der Waals surface area contributed by atoms with Gasteiger partial charge in [-0.05, 0) is 18.2 Å². The number of halogens is 2. The second kappa shape index (κ2) is 5.54. The van der Waals surface area contributed by atoms with Gasteiger partial charge in [-0.3, -0.25) is 0 Å². The lowest BCUT2D eigenvalue weighted by Crippen LogP contribution is -2.19. The number of hydrogen-bond donors (Lipinski definition) is 1. The lowest BCUT2D eigenvalue weighted by atomic mass is 10.2. The lowest BCUT2D eigenvalue weighted by Gasteiger charge is -2.06. The molecular formula is C12H13F2N3. The first kappa shape index (κ1) is 11.7. The molecule has 0 fully saturated rings. The highest BCUT2D eigenvalue weighted by Gasteiger charge is 2.02. The Bertz CT molecular complexity index is 469. The highest BCUT2D eigenvalue weighted by atomic mass is 19.1. The van der Waals surface area contributed by atoms with Gasteiger partial charge >= 0.3 is 0 Å². The van der Waals surface area contributed by atoms with E-state index in [0.717, 1.165) is 18.7 Å². The molecular weight excluding hydrogens is 224 g/mol. The molecule has 3 nitrogen and oxygen atoms in total. The van der Waals surface area contributed by atoms with E-state index in [1.54, 1.807) is 12.5 Å². The van der Waals surface area contributed by atoms with Crippen LogP contribution >= 0.6 is 0 Å². The van der Waals surface area contributed by atoms with E-state index in [9.17, 15) is 8.78 Å². The maximum atomic E-state index is 13.2. The maximum Gasteiger partial charge on any atom is 0.127 e. The highest BCUT2D eigenvalue weighted by molar-refractivity contribution is 5.18. The van der Waals surface area contributed by atoms with Crippen LogP contribution in [0.2, 0.25) is 0 Å². The van der Waals surface area contributed by atoms with Crippen LogP contribution in [0.3, 0.4) is 0 Å². The summed E-state index contributed by atoms with van der Waals surface area (Å²) in [6.45, 7) is 1.74. The molecule has 0 saturated heterocycles. The van der Waals surface area contributed by atoms with Crippen molar-refractivity contribution in [2.75, 3.05) is 6.54 Å². The van der Waals surface area contributed by atoms with Crippen molar-refractivity contribution >= 4 is 0 Å². The van der Waals surface area contributed by atoms with Gasteiger partial charge in [0.2, 0.25) is 0 Å². The Morgan fingerprint density at radius 2 is 2.18 bits per heavy atom. The van der Waals surface area contributed by atoms with Crippen LogP contribution in [-0.2, 0) is 13.1 Å². The van der Waals surface area contributed by atoms with E-state index in [0.29, 0.717) is 18.7 Å². The minimum absolute atomic E-state index is 0.318. The number of hydrogen-bond acceptors (Lipinski definition) is 2. The zero-order valence-electron chi connectivity index (χ0n) is 9.24. The molecule has 0 saturated carbocycles. The van der Waals surface area contributed by atoms with Crippen LogP contribution in [-0.4, -0.2) is 16.1 Å². The number of benzene rings is 1. The molecule has 1 aromatic heterocycles. The molecule has 0 aliphatic carbocycles. The molecule has 0 atom stereocenters. The Balaban J connectivity index is 1.80. The van der Waals surface area contributed by atoms with Crippen molar-refractivity contribution in [3.63, 3.8) is 0 Å². The van der Waals surface area contributed by atoms with Crippen molar-refractivity contribution in [3.8, 4) is 0 Å². The summed E-state index contributed by atoms with van der Waals surface area (Å²) in [7, 11) is 0. The summed E-state index contributed by atoms with van der Waals surface area (Å²) < 4.78 is 28.0. The van der Waals surface area contributed by atoms with Crippen molar-refractivity contribution < 1.29 is 8.78 Å². The van der Waals surface area contributed by atoms with Gasteiger partial charge in [0.25, 0.3) is 0 Å². The third-order valence-corrected chi connectivity index (χ3v) is 2.43. The molecule has 90 valence electrons. The zero-order valence-corrected chi connectivity index (χ0v) is 9.24. The van der Waals surface area contributed by atoms with Crippen molar-refractivity contribution in [1.29, 1.82) is 0 Å². The molecule has 2 aromatic rings. The van der Waals surface area contributed by atoms with Gasteiger partial charge in [-0.1, -0.05) is 0 Å². The minimum atomic E-state index is -0.419. The van der Waals surface area contributed by atoms with Gasteiger partial charge in [0, 0.05) is 37.6 Å². The molecule has 0 bridgehead atoms. The van der Waals surface area contributed by atoms with E-state index < -0.39 is 5.82 Å². The summed E-state index contributed by atoms with van der Waals surface area (Å²) >= 11 is 0. The second-order valence-electron chi connectivity index (χ2n) is 3.71.